The summed E-state index contributed by atoms with van der Waals surface area (Å²) in [6, 6.07) is -0.500. The molecule has 2 saturated heterocycles. The molecule has 0 aliphatic carbocycles. The fraction of sp³-hybridized carbons (Fsp3) is 0.833. The Morgan fingerprint density at radius 1 is 1.29 bits per heavy atom. The van der Waals surface area contributed by atoms with Crippen LogP contribution in [0.15, 0.2) is 11.2 Å². The number of rotatable bonds is 12. The zero-order chi connectivity index (χ0) is 27.9. The Labute approximate surface area is 222 Å². The summed E-state index contributed by atoms with van der Waals surface area (Å²) in [5, 5.41) is 31.8. The number of hydrogen-bond acceptors (Lipinski definition) is 9. The van der Waals surface area contributed by atoms with Crippen LogP contribution in [0, 0.1) is 5.92 Å². The number of carbonyl (C=O) groups excluding carboxylic acids is 1. The summed E-state index contributed by atoms with van der Waals surface area (Å²) in [7, 11) is -4.14. The van der Waals surface area contributed by atoms with E-state index in [2.05, 4.69) is 20.6 Å². The Balaban J connectivity index is 1.52. The van der Waals surface area contributed by atoms with Crippen LogP contribution in [0.5, 0.6) is 0 Å². The van der Waals surface area contributed by atoms with Crippen LogP contribution in [0.2, 0.25) is 0 Å². The van der Waals surface area contributed by atoms with Gasteiger partial charge in [0.15, 0.2) is 5.34 Å². The van der Waals surface area contributed by atoms with E-state index in [-0.39, 0.29) is 32.0 Å². The van der Waals surface area contributed by atoms with Gasteiger partial charge in [-0.25, -0.2) is 14.5 Å². The monoisotopic (exact) mass is 557 g/mol. The summed E-state index contributed by atoms with van der Waals surface area (Å²) in [5.74, 6) is -0.348. The molecule has 7 atom stereocenters. The van der Waals surface area contributed by atoms with Crippen LogP contribution in [0.25, 0.3) is 0 Å². The van der Waals surface area contributed by atoms with Crippen LogP contribution >= 0.6 is 7.60 Å². The largest absolute Gasteiger partial charge is 0.388 e. The third-order valence-electron chi connectivity index (χ3n) is 8.14. The maximum absolute atomic E-state index is 13.2. The highest BCUT2D eigenvalue weighted by Crippen LogP contribution is 2.67. The number of urea groups is 1. The Morgan fingerprint density at radius 2 is 1.97 bits per heavy atom. The number of aliphatic hydroxyl groups is 2. The van der Waals surface area contributed by atoms with Crippen molar-refractivity contribution in [2.75, 3.05) is 13.2 Å². The van der Waals surface area contributed by atoms with E-state index < -0.39 is 54.9 Å². The van der Waals surface area contributed by atoms with Crippen molar-refractivity contribution in [3.63, 3.8) is 0 Å². The first kappa shape index (κ1) is 29.3. The summed E-state index contributed by atoms with van der Waals surface area (Å²) < 4.78 is 32.2. The van der Waals surface area contributed by atoms with Gasteiger partial charge in [-0.05, 0) is 25.2 Å². The van der Waals surface area contributed by atoms with Crippen molar-refractivity contribution < 1.29 is 38.5 Å². The molecule has 1 aromatic rings. The van der Waals surface area contributed by atoms with E-state index >= 15 is 0 Å². The quantitative estimate of drug-likeness (QED) is 0.219. The fourth-order valence-electron chi connectivity index (χ4n) is 5.19. The molecule has 3 aliphatic rings. The minimum Gasteiger partial charge on any atom is -0.388 e. The second-order valence-corrected chi connectivity index (χ2v) is 12.8. The number of nitrogens with zero attached hydrogens (tertiary/aromatic N) is 4. The van der Waals surface area contributed by atoms with Gasteiger partial charge < -0.3 is 29.9 Å². The predicted molar refractivity (Wildman–Crippen MR) is 137 cm³/mol. The number of epoxide rings is 1. The Bertz CT molecular complexity index is 1090. The molecule has 0 aromatic carbocycles. The fourth-order valence-corrected chi connectivity index (χ4v) is 7.01. The molecule has 7 unspecified atom stereocenters. The van der Waals surface area contributed by atoms with Gasteiger partial charge in [0.25, 0.3) is 0 Å². The highest BCUT2D eigenvalue weighted by Gasteiger charge is 2.62. The van der Waals surface area contributed by atoms with Gasteiger partial charge in [0.2, 0.25) is 0 Å². The van der Waals surface area contributed by atoms with Crippen LogP contribution in [-0.2, 0) is 25.1 Å². The van der Waals surface area contributed by atoms with Crippen molar-refractivity contribution in [1.29, 1.82) is 0 Å². The second kappa shape index (κ2) is 11.0. The number of aliphatic imine (C=N–C) groups is 1. The maximum Gasteiger partial charge on any atom is 0.362 e. The number of ether oxygens (including phenoxy) is 2. The van der Waals surface area contributed by atoms with Crippen LogP contribution in [0.4, 0.5) is 4.79 Å². The zero-order valence-corrected chi connectivity index (χ0v) is 23.5. The molecular formula is C24H40N5O8P. The first-order valence-corrected chi connectivity index (χ1v) is 14.9. The minimum atomic E-state index is -4.14. The summed E-state index contributed by atoms with van der Waals surface area (Å²) in [6.45, 7) is 9.95. The average Bonchev–Trinajstić information content (AvgIpc) is 3.49. The zero-order valence-electron chi connectivity index (χ0n) is 22.6. The van der Waals surface area contributed by atoms with Crippen molar-refractivity contribution in [1.82, 2.24) is 20.3 Å². The number of hydrogen-bond donors (Lipinski definition) is 4. The maximum atomic E-state index is 13.2. The minimum absolute atomic E-state index is 0.0887. The van der Waals surface area contributed by atoms with Crippen molar-refractivity contribution in [2.24, 2.45) is 10.9 Å². The van der Waals surface area contributed by atoms with E-state index in [4.69, 9.17) is 14.0 Å². The summed E-state index contributed by atoms with van der Waals surface area (Å²) in [5.41, 5.74) is 0.174. The Morgan fingerprint density at radius 3 is 2.53 bits per heavy atom. The highest BCUT2D eigenvalue weighted by atomic mass is 31.2. The van der Waals surface area contributed by atoms with E-state index in [1.165, 1.54) is 0 Å². The molecule has 2 amide bonds. The number of aromatic nitrogens is 3. The third kappa shape index (κ3) is 5.60. The molecule has 3 aliphatic heterocycles. The number of aliphatic hydroxyl groups excluding tert-OH is 2. The molecule has 0 radical (unpaired) electrons. The molecule has 4 rings (SSSR count). The average molecular weight is 558 g/mol. The number of nitrogens with one attached hydrogen (secondary N) is 1. The molecule has 38 heavy (non-hydrogen) atoms. The van der Waals surface area contributed by atoms with Gasteiger partial charge >= 0.3 is 13.6 Å². The lowest BCUT2D eigenvalue weighted by atomic mass is 9.87. The highest BCUT2D eigenvalue weighted by molar-refractivity contribution is 7.54. The van der Waals surface area contributed by atoms with Crippen LogP contribution in [0.1, 0.15) is 71.9 Å². The van der Waals surface area contributed by atoms with Gasteiger partial charge in [-0.2, -0.15) is 0 Å². The van der Waals surface area contributed by atoms with Crippen molar-refractivity contribution in [3.8, 4) is 0 Å². The van der Waals surface area contributed by atoms with Crippen LogP contribution < -0.4 is 5.32 Å². The molecule has 4 heterocycles. The lowest BCUT2D eigenvalue weighted by Crippen LogP contribution is -2.48. The molecule has 14 heteroatoms. The molecular weight excluding hydrogens is 517 g/mol. The molecule has 13 nitrogen and oxygen atoms in total. The van der Waals surface area contributed by atoms with E-state index in [1.54, 1.807) is 17.8 Å². The van der Waals surface area contributed by atoms with Crippen molar-refractivity contribution >= 4 is 19.3 Å². The van der Waals surface area contributed by atoms with Crippen molar-refractivity contribution in [2.45, 2.75) is 108 Å². The Hall–Kier alpha value is -1.73. The molecule has 2 fully saturated rings. The second-order valence-electron chi connectivity index (χ2n) is 10.8. The molecule has 0 spiro atoms. The van der Waals surface area contributed by atoms with Gasteiger partial charge in [0.1, 0.15) is 12.2 Å². The van der Waals surface area contributed by atoms with E-state index in [0.717, 1.165) is 5.69 Å². The third-order valence-corrected chi connectivity index (χ3v) is 10.4. The van der Waals surface area contributed by atoms with Crippen LogP contribution in [-0.4, -0.2) is 90.4 Å². The summed E-state index contributed by atoms with van der Waals surface area (Å²) in [6.07, 6.45) is -1.29. The van der Waals surface area contributed by atoms with E-state index in [9.17, 15) is 24.5 Å². The predicted octanol–water partition coefficient (Wildman–Crippen LogP) is 1.96. The molecule has 1 aromatic heterocycles. The molecule has 0 saturated carbocycles. The first-order valence-electron chi connectivity index (χ1n) is 13.3. The summed E-state index contributed by atoms with van der Waals surface area (Å²) >= 11 is 0. The Kier molecular flexibility index (Phi) is 8.50. The van der Waals surface area contributed by atoms with Crippen LogP contribution in [0.3, 0.4) is 0 Å². The summed E-state index contributed by atoms with van der Waals surface area (Å²) in [4.78, 5) is 27.0. The standard InChI is InChI=1S/C24H40N5O8P/c1-6-23(7-2,37-38(33,34)24(8-3)13-35-24)9-18-19(30)20(31)21(36-18)15-10-25-22(32)26-17(15)12-29-11-16(14(4)5)27-28-29/h11,14-15,18-21,30-31H,6-10,12-13H2,1-5H3,(H,25,32)(H,33,34). The number of carbonyl (C=O) groups is 1. The van der Waals surface area contributed by atoms with Gasteiger partial charge in [-0.1, -0.05) is 39.8 Å². The SMILES string of the molecule is CCC(CC)(CC1OC(C2CNC(=O)N=C2Cn2cc(C(C)C)nn2)C(O)C1O)OP(=O)(O)C1(CC)CO1. The lowest BCUT2D eigenvalue weighted by Gasteiger charge is -2.37. The van der Waals surface area contributed by atoms with Gasteiger partial charge in [0, 0.05) is 25.1 Å². The first-order chi connectivity index (χ1) is 17.9. The van der Waals surface area contributed by atoms with Gasteiger partial charge in [-0.3, -0.25) is 9.09 Å². The molecule has 0 bridgehead atoms. The van der Waals surface area contributed by atoms with Gasteiger partial charge in [0.05, 0.1) is 42.4 Å². The lowest BCUT2D eigenvalue weighted by molar-refractivity contribution is -0.0613. The van der Waals surface area contributed by atoms with E-state index in [0.29, 0.717) is 25.0 Å². The molecule has 4 N–H and O–H groups in total. The van der Waals surface area contributed by atoms with Gasteiger partial charge in [-0.15, -0.1) is 5.10 Å². The van der Waals surface area contributed by atoms with E-state index in [1.807, 2.05) is 27.7 Å². The smallest absolute Gasteiger partial charge is 0.362 e. The number of amides is 2. The topological polar surface area (TPSA) is 181 Å². The van der Waals surface area contributed by atoms with Crippen molar-refractivity contribution in [3.05, 3.63) is 11.9 Å². The molecule has 214 valence electrons. The normalized spacial score (nSPS) is 33.2.